The van der Waals surface area contributed by atoms with E-state index >= 15 is 0 Å². The van der Waals surface area contributed by atoms with Gasteiger partial charge in [0, 0.05) is 5.69 Å². The summed E-state index contributed by atoms with van der Waals surface area (Å²) in [7, 11) is 1.72. The van der Waals surface area contributed by atoms with Crippen molar-refractivity contribution in [2.75, 3.05) is 18.9 Å². The number of amides is 1. The minimum absolute atomic E-state index is 0.0782. The lowest BCUT2D eigenvalue weighted by atomic mass is 10.1. The van der Waals surface area contributed by atoms with Crippen molar-refractivity contribution in [3.63, 3.8) is 0 Å². The second-order valence-electron chi connectivity index (χ2n) is 3.11. The average molecular weight is 203 g/mol. The first kappa shape index (κ1) is 11.2. The van der Waals surface area contributed by atoms with Gasteiger partial charge in [0.1, 0.15) is 0 Å². The Morgan fingerprint density at radius 3 is 2.60 bits per heavy atom. The summed E-state index contributed by atoms with van der Waals surface area (Å²) in [5.74, 6) is -0.0782. The average Bonchev–Trinajstić information content (AvgIpc) is 2.22. The second-order valence-corrected chi connectivity index (χ2v) is 3.11. The van der Waals surface area contributed by atoms with E-state index in [2.05, 4.69) is 16.7 Å². The minimum Gasteiger partial charge on any atom is -0.325 e. The monoisotopic (exact) mass is 203 g/mol. The smallest absolute Gasteiger partial charge is 0.238 e. The molecule has 15 heavy (non-hydrogen) atoms. The first-order valence-electron chi connectivity index (χ1n) is 4.66. The molecule has 0 aliphatic heterocycles. The number of nitrogens with one attached hydrogen (secondary N) is 2. The topological polar surface area (TPSA) is 64.9 Å². The lowest BCUT2D eigenvalue weighted by Crippen LogP contribution is -2.24. The molecule has 0 atom stereocenters. The van der Waals surface area contributed by atoms with Crippen molar-refractivity contribution in [2.24, 2.45) is 0 Å². The van der Waals surface area contributed by atoms with E-state index in [1.807, 2.05) is 12.1 Å². The maximum atomic E-state index is 11.2. The Kier molecular flexibility index (Phi) is 4.32. The highest BCUT2D eigenvalue weighted by Crippen LogP contribution is 2.09. The number of carbonyl (C=O) groups excluding carboxylic acids is 1. The van der Waals surface area contributed by atoms with Gasteiger partial charge in [0.2, 0.25) is 5.91 Å². The summed E-state index contributed by atoms with van der Waals surface area (Å²) in [4.78, 5) is 11.2. The lowest BCUT2D eigenvalue weighted by molar-refractivity contribution is -0.115. The molecule has 0 radical (unpaired) electrons. The quantitative estimate of drug-likeness (QED) is 0.764. The Bertz CT molecular complexity index is 364. The molecule has 0 saturated carbocycles. The molecule has 4 heteroatoms. The van der Waals surface area contributed by atoms with Crippen LogP contribution in [0.15, 0.2) is 24.3 Å². The Labute approximate surface area is 88.9 Å². The number of hydrogen-bond acceptors (Lipinski definition) is 3. The van der Waals surface area contributed by atoms with Crippen LogP contribution in [-0.4, -0.2) is 19.5 Å². The SMILES string of the molecule is CNCC(=O)Nc1ccc(CC#N)cc1. The van der Waals surface area contributed by atoms with Crippen molar-refractivity contribution in [1.29, 1.82) is 5.26 Å². The summed E-state index contributed by atoms with van der Waals surface area (Å²) in [6, 6.07) is 9.31. The van der Waals surface area contributed by atoms with Crippen LogP contribution in [0.25, 0.3) is 0 Å². The fraction of sp³-hybridized carbons (Fsp3) is 0.273. The Hall–Kier alpha value is -1.86. The fourth-order valence-electron chi connectivity index (χ4n) is 1.16. The molecule has 0 spiro atoms. The van der Waals surface area contributed by atoms with E-state index in [4.69, 9.17) is 5.26 Å². The van der Waals surface area contributed by atoms with E-state index in [0.717, 1.165) is 11.3 Å². The molecule has 0 heterocycles. The molecule has 0 unspecified atom stereocenters. The Morgan fingerprint density at radius 2 is 2.07 bits per heavy atom. The molecule has 1 aromatic carbocycles. The summed E-state index contributed by atoms with van der Waals surface area (Å²) in [6.45, 7) is 0.292. The van der Waals surface area contributed by atoms with Gasteiger partial charge in [-0.15, -0.1) is 0 Å². The predicted octanol–water partition coefficient (Wildman–Crippen LogP) is 0.911. The van der Waals surface area contributed by atoms with Gasteiger partial charge < -0.3 is 10.6 Å². The lowest BCUT2D eigenvalue weighted by Gasteiger charge is -2.04. The highest BCUT2D eigenvalue weighted by molar-refractivity contribution is 5.92. The number of anilines is 1. The number of hydrogen-bond donors (Lipinski definition) is 2. The fourth-order valence-corrected chi connectivity index (χ4v) is 1.16. The van der Waals surface area contributed by atoms with Crippen LogP contribution in [0.3, 0.4) is 0 Å². The Morgan fingerprint density at radius 1 is 1.40 bits per heavy atom. The molecule has 0 bridgehead atoms. The number of nitrogens with zero attached hydrogens (tertiary/aromatic N) is 1. The van der Waals surface area contributed by atoms with E-state index < -0.39 is 0 Å². The van der Waals surface area contributed by atoms with Crippen LogP contribution in [0.5, 0.6) is 0 Å². The molecule has 78 valence electrons. The minimum atomic E-state index is -0.0782. The van der Waals surface area contributed by atoms with Crippen LogP contribution in [0.1, 0.15) is 5.56 Å². The number of carbonyl (C=O) groups is 1. The molecule has 0 aromatic heterocycles. The van der Waals surface area contributed by atoms with Gasteiger partial charge in [-0.1, -0.05) is 12.1 Å². The van der Waals surface area contributed by atoms with E-state index in [0.29, 0.717) is 13.0 Å². The summed E-state index contributed by atoms with van der Waals surface area (Å²) in [5, 5.41) is 14.0. The normalized spacial score (nSPS) is 9.33. The van der Waals surface area contributed by atoms with Gasteiger partial charge in [-0.2, -0.15) is 5.26 Å². The first-order chi connectivity index (χ1) is 7.26. The third kappa shape index (κ3) is 3.79. The molecule has 0 fully saturated rings. The third-order valence-electron chi connectivity index (χ3n) is 1.86. The van der Waals surface area contributed by atoms with E-state index in [1.54, 1.807) is 19.2 Å². The van der Waals surface area contributed by atoms with Crippen LogP contribution in [0, 0.1) is 11.3 Å². The second kappa shape index (κ2) is 5.78. The number of nitriles is 1. The summed E-state index contributed by atoms with van der Waals surface area (Å²) >= 11 is 0. The van der Waals surface area contributed by atoms with Crippen LogP contribution in [0.2, 0.25) is 0 Å². The maximum absolute atomic E-state index is 11.2. The maximum Gasteiger partial charge on any atom is 0.238 e. The van der Waals surface area contributed by atoms with Gasteiger partial charge in [0.25, 0.3) is 0 Å². The van der Waals surface area contributed by atoms with Crippen molar-refractivity contribution in [3.8, 4) is 6.07 Å². The van der Waals surface area contributed by atoms with Crippen molar-refractivity contribution < 1.29 is 4.79 Å². The van der Waals surface area contributed by atoms with Crippen molar-refractivity contribution in [2.45, 2.75) is 6.42 Å². The third-order valence-corrected chi connectivity index (χ3v) is 1.86. The number of rotatable bonds is 4. The van der Waals surface area contributed by atoms with Crippen LogP contribution >= 0.6 is 0 Å². The van der Waals surface area contributed by atoms with E-state index in [1.165, 1.54) is 0 Å². The molecular weight excluding hydrogens is 190 g/mol. The van der Waals surface area contributed by atoms with Crippen molar-refractivity contribution in [3.05, 3.63) is 29.8 Å². The summed E-state index contributed by atoms with van der Waals surface area (Å²) in [6.07, 6.45) is 0.394. The summed E-state index contributed by atoms with van der Waals surface area (Å²) in [5.41, 5.74) is 1.70. The van der Waals surface area contributed by atoms with Gasteiger partial charge in [0.05, 0.1) is 19.0 Å². The molecule has 0 saturated heterocycles. The number of benzene rings is 1. The number of likely N-dealkylation sites (N-methyl/N-ethyl adjacent to an activating group) is 1. The Balaban J connectivity index is 2.57. The largest absolute Gasteiger partial charge is 0.325 e. The van der Waals surface area contributed by atoms with Crippen molar-refractivity contribution in [1.82, 2.24) is 5.32 Å². The highest BCUT2D eigenvalue weighted by atomic mass is 16.1. The molecule has 1 aromatic rings. The van der Waals surface area contributed by atoms with Crippen molar-refractivity contribution >= 4 is 11.6 Å². The molecule has 0 aliphatic rings. The molecule has 1 rings (SSSR count). The zero-order chi connectivity index (χ0) is 11.1. The molecular formula is C11H13N3O. The molecule has 1 amide bonds. The van der Waals surface area contributed by atoms with Gasteiger partial charge >= 0.3 is 0 Å². The zero-order valence-electron chi connectivity index (χ0n) is 8.58. The van der Waals surface area contributed by atoms with Gasteiger partial charge in [-0.05, 0) is 24.7 Å². The van der Waals surface area contributed by atoms with E-state index in [-0.39, 0.29) is 5.91 Å². The molecule has 2 N–H and O–H groups in total. The van der Waals surface area contributed by atoms with Crippen LogP contribution < -0.4 is 10.6 Å². The standard InChI is InChI=1S/C11H13N3O/c1-13-8-11(15)14-10-4-2-9(3-5-10)6-7-12/h2-5,13H,6,8H2,1H3,(H,14,15). The zero-order valence-corrected chi connectivity index (χ0v) is 8.58. The molecule has 0 aliphatic carbocycles. The summed E-state index contributed by atoms with van der Waals surface area (Å²) < 4.78 is 0. The van der Waals surface area contributed by atoms with E-state index in [9.17, 15) is 4.79 Å². The predicted molar refractivity (Wildman–Crippen MR) is 58.3 cm³/mol. The highest BCUT2D eigenvalue weighted by Gasteiger charge is 1.99. The molecule has 4 nitrogen and oxygen atoms in total. The van der Waals surface area contributed by atoms with Gasteiger partial charge in [0.15, 0.2) is 0 Å². The van der Waals surface area contributed by atoms with Gasteiger partial charge in [-0.25, -0.2) is 0 Å². The first-order valence-corrected chi connectivity index (χ1v) is 4.66. The van der Waals surface area contributed by atoms with Crippen LogP contribution in [-0.2, 0) is 11.2 Å². The van der Waals surface area contributed by atoms with Gasteiger partial charge in [-0.3, -0.25) is 4.79 Å². The van der Waals surface area contributed by atoms with Crippen LogP contribution in [0.4, 0.5) is 5.69 Å².